The van der Waals surface area contributed by atoms with Crippen LogP contribution in [0.4, 0.5) is 0 Å². The second-order valence-corrected chi connectivity index (χ2v) is 4.70. The Bertz CT molecular complexity index is 460. The number of nitrogens with one attached hydrogen (secondary N) is 1. The van der Waals surface area contributed by atoms with Crippen molar-refractivity contribution < 1.29 is 8.42 Å². The number of benzene rings is 1. The highest BCUT2D eigenvalue weighted by molar-refractivity contribution is 7.88. The Morgan fingerprint density at radius 3 is 2.79 bits per heavy atom. The third-order valence-corrected chi connectivity index (χ3v) is 3.06. The third kappa shape index (κ3) is 2.83. The van der Waals surface area contributed by atoms with Crippen molar-refractivity contribution in [2.45, 2.75) is 5.75 Å². The fourth-order valence-electron chi connectivity index (χ4n) is 1.02. The molecule has 0 heterocycles. The molecule has 0 aliphatic carbocycles. The van der Waals surface area contributed by atoms with Crippen molar-refractivity contribution in [1.29, 1.82) is 5.26 Å². The van der Waals surface area contributed by atoms with Gasteiger partial charge in [0.2, 0.25) is 10.0 Å². The van der Waals surface area contributed by atoms with Crippen LogP contribution in [0.25, 0.3) is 0 Å². The van der Waals surface area contributed by atoms with E-state index in [4.69, 9.17) is 5.26 Å². The van der Waals surface area contributed by atoms with E-state index in [0.717, 1.165) is 0 Å². The summed E-state index contributed by atoms with van der Waals surface area (Å²) in [6.45, 7) is 0. The van der Waals surface area contributed by atoms with Crippen LogP contribution in [0.3, 0.4) is 0 Å². The summed E-state index contributed by atoms with van der Waals surface area (Å²) in [6.07, 6.45) is 0. The number of hydrogen-bond donors (Lipinski definition) is 1. The lowest BCUT2D eigenvalue weighted by Gasteiger charge is -2.02. The smallest absolute Gasteiger partial charge is 0.215 e. The summed E-state index contributed by atoms with van der Waals surface area (Å²) in [5.41, 5.74) is 1.08. The molecule has 0 unspecified atom stereocenters. The highest BCUT2D eigenvalue weighted by Crippen LogP contribution is 2.07. The fraction of sp³-hybridized carbons (Fsp3) is 0.222. The molecule has 1 aromatic rings. The van der Waals surface area contributed by atoms with Gasteiger partial charge in [-0.2, -0.15) is 5.26 Å². The van der Waals surface area contributed by atoms with Crippen LogP contribution < -0.4 is 4.72 Å². The predicted molar refractivity (Wildman–Crippen MR) is 52.8 cm³/mol. The maximum atomic E-state index is 11.2. The number of sulfonamides is 1. The van der Waals surface area contributed by atoms with Crippen LogP contribution in [0.15, 0.2) is 24.3 Å². The largest absolute Gasteiger partial charge is 0.218 e. The number of nitrogens with zero attached hydrogens (tertiary/aromatic N) is 1. The van der Waals surface area contributed by atoms with E-state index in [9.17, 15) is 8.42 Å². The molecule has 0 aromatic heterocycles. The van der Waals surface area contributed by atoms with E-state index in [-0.39, 0.29) is 5.75 Å². The number of nitriles is 1. The minimum absolute atomic E-state index is 0.0982. The van der Waals surface area contributed by atoms with Crippen molar-refractivity contribution in [3.05, 3.63) is 35.4 Å². The molecule has 0 saturated carbocycles. The minimum atomic E-state index is -3.26. The maximum absolute atomic E-state index is 11.2. The average molecular weight is 210 g/mol. The molecule has 0 bridgehead atoms. The Kier molecular flexibility index (Phi) is 3.23. The molecule has 0 spiro atoms. The molecular formula is C9H10N2O2S. The van der Waals surface area contributed by atoms with Crippen LogP contribution in [0.1, 0.15) is 11.1 Å². The van der Waals surface area contributed by atoms with Gasteiger partial charge in [-0.05, 0) is 24.7 Å². The summed E-state index contributed by atoms with van der Waals surface area (Å²) in [6, 6.07) is 8.50. The highest BCUT2D eigenvalue weighted by atomic mass is 32.2. The summed E-state index contributed by atoms with van der Waals surface area (Å²) >= 11 is 0. The molecule has 74 valence electrons. The molecule has 1 N–H and O–H groups in total. The first-order valence-corrected chi connectivity index (χ1v) is 5.63. The predicted octanol–water partition coefficient (Wildman–Crippen LogP) is 0.607. The standard InChI is InChI=1S/C9H10N2O2S/c1-11-14(12,13)7-9-4-2-3-8(5-9)6-10/h2-5,11H,7H2,1H3. The number of hydrogen-bond acceptors (Lipinski definition) is 3. The van der Waals surface area contributed by atoms with Crippen molar-refractivity contribution in [1.82, 2.24) is 4.72 Å². The van der Waals surface area contributed by atoms with Crippen LogP contribution in [0.2, 0.25) is 0 Å². The van der Waals surface area contributed by atoms with Crippen LogP contribution in [0.5, 0.6) is 0 Å². The zero-order valence-electron chi connectivity index (χ0n) is 7.69. The Balaban J connectivity index is 2.94. The second kappa shape index (κ2) is 4.22. The van der Waals surface area contributed by atoms with Crippen molar-refractivity contribution >= 4 is 10.0 Å². The molecule has 1 rings (SSSR count). The Labute approximate surface area is 83.2 Å². The van der Waals surface area contributed by atoms with Crippen LogP contribution in [-0.4, -0.2) is 15.5 Å². The van der Waals surface area contributed by atoms with Crippen LogP contribution in [-0.2, 0) is 15.8 Å². The molecule has 0 radical (unpaired) electrons. The van der Waals surface area contributed by atoms with Crippen molar-refractivity contribution in [3.8, 4) is 6.07 Å². The summed E-state index contributed by atoms with van der Waals surface area (Å²) in [5.74, 6) is -0.0982. The van der Waals surface area contributed by atoms with E-state index in [1.165, 1.54) is 7.05 Å². The molecule has 0 atom stereocenters. The quantitative estimate of drug-likeness (QED) is 0.794. The lowest BCUT2D eigenvalue weighted by atomic mass is 10.2. The van der Waals surface area contributed by atoms with Gasteiger partial charge in [-0.15, -0.1) is 0 Å². The molecule has 0 aliphatic heterocycles. The highest BCUT2D eigenvalue weighted by Gasteiger charge is 2.08. The normalized spacial score (nSPS) is 10.9. The van der Waals surface area contributed by atoms with Gasteiger partial charge in [-0.3, -0.25) is 0 Å². The second-order valence-electron chi connectivity index (χ2n) is 2.78. The van der Waals surface area contributed by atoms with E-state index in [2.05, 4.69) is 4.72 Å². The van der Waals surface area contributed by atoms with E-state index in [1.54, 1.807) is 24.3 Å². The Morgan fingerprint density at radius 1 is 1.50 bits per heavy atom. The summed E-state index contributed by atoms with van der Waals surface area (Å²) in [7, 11) is -1.89. The Morgan fingerprint density at radius 2 is 2.21 bits per heavy atom. The van der Waals surface area contributed by atoms with Gasteiger partial charge in [0.25, 0.3) is 0 Å². The minimum Gasteiger partial charge on any atom is -0.218 e. The van der Waals surface area contributed by atoms with Crippen molar-refractivity contribution in [2.75, 3.05) is 7.05 Å². The molecule has 0 amide bonds. The first-order chi connectivity index (χ1) is 6.57. The third-order valence-electron chi connectivity index (χ3n) is 1.72. The average Bonchev–Trinajstić information content (AvgIpc) is 2.17. The Hall–Kier alpha value is -1.38. The summed E-state index contributed by atoms with van der Waals surface area (Å²) in [5, 5.41) is 8.60. The van der Waals surface area contributed by atoms with E-state index in [1.807, 2.05) is 6.07 Å². The van der Waals surface area contributed by atoms with E-state index < -0.39 is 10.0 Å². The van der Waals surface area contributed by atoms with Crippen molar-refractivity contribution in [2.24, 2.45) is 0 Å². The molecular weight excluding hydrogens is 200 g/mol. The molecule has 4 nitrogen and oxygen atoms in total. The fourth-order valence-corrected chi connectivity index (χ4v) is 1.78. The zero-order valence-corrected chi connectivity index (χ0v) is 8.50. The lowest BCUT2D eigenvalue weighted by Crippen LogP contribution is -2.20. The van der Waals surface area contributed by atoms with Crippen molar-refractivity contribution in [3.63, 3.8) is 0 Å². The number of rotatable bonds is 3. The molecule has 14 heavy (non-hydrogen) atoms. The first kappa shape index (κ1) is 10.7. The maximum Gasteiger partial charge on any atom is 0.215 e. The van der Waals surface area contributed by atoms with Gasteiger partial charge in [0.15, 0.2) is 0 Å². The van der Waals surface area contributed by atoms with Gasteiger partial charge in [-0.25, -0.2) is 13.1 Å². The summed E-state index contributed by atoms with van der Waals surface area (Å²) < 4.78 is 24.6. The molecule has 5 heteroatoms. The monoisotopic (exact) mass is 210 g/mol. The topological polar surface area (TPSA) is 70.0 Å². The van der Waals surface area contributed by atoms with Gasteiger partial charge < -0.3 is 0 Å². The van der Waals surface area contributed by atoms with Gasteiger partial charge in [0, 0.05) is 0 Å². The first-order valence-electron chi connectivity index (χ1n) is 3.97. The van der Waals surface area contributed by atoms with Gasteiger partial charge in [0.1, 0.15) is 0 Å². The van der Waals surface area contributed by atoms with Gasteiger partial charge in [-0.1, -0.05) is 12.1 Å². The SMILES string of the molecule is CNS(=O)(=O)Cc1cccc(C#N)c1. The van der Waals surface area contributed by atoms with Gasteiger partial charge in [0.05, 0.1) is 17.4 Å². The molecule has 1 aromatic carbocycles. The lowest BCUT2D eigenvalue weighted by molar-refractivity contribution is 0.587. The van der Waals surface area contributed by atoms with E-state index in [0.29, 0.717) is 11.1 Å². The van der Waals surface area contributed by atoms with E-state index >= 15 is 0 Å². The zero-order chi connectivity index (χ0) is 10.6. The van der Waals surface area contributed by atoms with Gasteiger partial charge >= 0.3 is 0 Å². The molecule has 0 fully saturated rings. The molecule has 0 aliphatic rings. The van der Waals surface area contributed by atoms with Crippen LogP contribution in [0, 0.1) is 11.3 Å². The van der Waals surface area contributed by atoms with Crippen LogP contribution >= 0.6 is 0 Å². The summed E-state index contributed by atoms with van der Waals surface area (Å²) in [4.78, 5) is 0. The molecule has 0 saturated heterocycles.